The van der Waals surface area contributed by atoms with Crippen molar-refractivity contribution in [1.82, 2.24) is 10.2 Å². The minimum Gasteiger partial charge on any atom is -0.465 e. The predicted molar refractivity (Wildman–Crippen MR) is 61.7 cm³/mol. The predicted octanol–water partition coefficient (Wildman–Crippen LogP) is 3.01. The normalized spacial score (nSPS) is 11.4. The van der Waals surface area contributed by atoms with Crippen LogP contribution in [0.4, 0.5) is 13.2 Å². The van der Waals surface area contributed by atoms with Gasteiger partial charge in [0.25, 0.3) is 0 Å². The van der Waals surface area contributed by atoms with E-state index in [1.165, 1.54) is 31.4 Å². The SMILES string of the molecule is COC(=O)c1ccc(-c2nnc(C(F)(F)F)s2)cc1. The maximum atomic E-state index is 12.4. The molecule has 0 aliphatic heterocycles. The quantitative estimate of drug-likeness (QED) is 0.797. The van der Waals surface area contributed by atoms with Gasteiger partial charge >= 0.3 is 12.1 Å². The van der Waals surface area contributed by atoms with Gasteiger partial charge in [-0.2, -0.15) is 13.2 Å². The van der Waals surface area contributed by atoms with Crippen LogP contribution in [0.5, 0.6) is 0 Å². The van der Waals surface area contributed by atoms with E-state index in [2.05, 4.69) is 14.9 Å². The second kappa shape index (κ2) is 4.96. The Hall–Kier alpha value is -1.96. The van der Waals surface area contributed by atoms with Gasteiger partial charge in [-0.25, -0.2) is 4.79 Å². The van der Waals surface area contributed by atoms with Crippen molar-refractivity contribution in [2.24, 2.45) is 0 Å². The van der Waals surface area contributed by atoms with Crippen molar-refractivity contribution in [2.45, 2.75) is 6.18 Å². The van der Waals surface area contributed by atoms with Crippen molar-refractivity contribution >= 4 is 17.3 Å². The highest BCUT2D eigenvalue weighted by atomic mass is 32.1. The molecule has 19 heavy (non-hydrogen) atoms. The second-order valence-corrected chi connectivity index (χ2v) is 4.46. The van der Waals surface area contributed by atoms with E-state index in [-0.39, 0.29) is 5.01 Å². The molecule has 4 nitrogen and oxygen atoms in total. The molecule has 0 aliphatic carbocycles. The number of benzene rings is 1. The Kier molecular flexibility index (Phi) is 3.52. The van der Waals surface area contributed by atoms with Crippen molar-refractivity contribution in [3.05, 3.63) is 34.8 Å². The van der Waals surface area contributed by atoms with Gasteiger partial charge < -0.3 is 4.74 Å². The van der Waals surface area contributed by atoms with Gasteiger partial charge in [-0.15, -0.1) is 10.2 Å². The standard InChI is InChI=1S/C11H7F3N2O2S/c1-18-9(17)7-4-2-6(3-5-7)8-15-16-10(19-8)11(12,13)14/h2-5H,1H3. The first-order valence-electron chi connectivity index (χ1n) is 5.01. The summed E-state index contributed by atoms with van der Waals surface area (Å²) >= 11 is 0.450. The number of carbonyl (C=O) groups excluding carboxylic acids is 1. The van der Waals surface area contributed by atoms with Gasteiger partial charge in [0.15, 0.2) is 0 Å². The lowest BCUT2D eigenvalue weighted by atomic mass is 10.1. The Labute approximate surface area is 109 Å². The molecular weight excluding hydrogens is 281 g/mol. The molecular formula is C11H7F3N2O2S. The highest BCUT2D eigenvalue weighted by Crippen LogP contribution is 2.34. The van der Waals surface area contributed by atoms with Crippen LogP contribution in [0.15, 0.2) is 24.3 Å². The summed E-state index contributed by atoms with van der Waals surface area (Å²) in [6.07, 6.45) is -4.50. The van der Waals surface area contributed by atoms with Crippen LogP contribution in [-0.4, -0.2) is 23.3 Å². The second-order valence-electron chi connectivity index (χ2n) is 3.48. The number of aromatic nitrogens is 2. The molecule has 0 saturated carbocycles. The third kappa shape index (κ3) is 2.90. The molecule has 1 aromatic carbocycles. The number of alkyl halides is 3. The van der Waals surface area contributed by atoms with Gasteiger partial charge in [-0.1, -0.05) is 23.5 Å². The summed E-state index contributed by atoms with van der Waals surface area (Å²) in [5, 5.41) is 5.71. The number of halogens is 3. The van der Waals surface area contributed by atoms with Gasteiger partial charge in [0, 0.05) is 5.56 Å². The van der Waals surface area contributed by atoms with Crippen LogP contribution < -0.4 is 0 Å². The molecule has 0 fully saturated rings. The van der Waals surface area contributed by atoms with Crippen molar-refractivity contribution in [1.29, 1.82) is 0 Å². The summed E-state index contributed by atoms with van der Waals surface area (Å²) in [5.74, 6) is -0.514. The largest absolute Gasteiger partial charge is 0.465 e. The maximum Gasteiger partial charge on any atom is 0.445 e. The summed E-state index contributed by atoms with van der Waals surface area (Å²) in [5.41, 5.74) is 0.771. The number of ether oxygens (including phenoxy) is 1. The van der Waals surface area contributed by atoms with E-state index >= 15 is 0 Å². The van der Waals surface area contributed by atoms with Crippen molar-refractivity contribution in [2.75, 3.05) is 7.11 Å². The molecule has 2 aromatic rings. The highest BCUT2D eigenvalue weighted by molar-refractivity contribution is 7.14. The molecule has 0 N–H and O–H groups in total. The molecule has 1 aromatic heterocycles. The molecule has 0 unspecified atom stereocenters. The molecule has 100 valence electrons. The molecule has 0 bridgehead atoms. The average Bonchev–Trinajstić information content (AvgIpc) is 2.87. The van der Waals surface area contributed by atoms with E-state index in [0.29, 0.717) is 22.5 Å². The van der Waals surface area contributed by atoms with E-state index in [0.717, 1.165) is 0 Å². The first-order chi connectivity index (χ1) is 8.91. The Bertz CT molecular complexity index is 593. The lowest BCUT2D eigenvalue weighted by Crippen LogP contribution is -2.03. The number of esters is 1. The van der Waals surface area contributed by atoms with Crippen molar-refractivity contribution < 1.29 is 22.7 Å². The Balaban J connectivity index is 2.28. The van der Waals surface area contributed by atoms with Gasteiger partial charge in [0.05, 0.1) is 12.7 Å². The first-order valence-corrected chi connectivity index (χ1v) is 5.83. The molecule has 0 saturated heterocycles. The summed E-state index contributed by atoms with van der Waals surface area (Å²) < 4.78 is 41.7. The summed E-state index contributed by atoms with van der Waals surface area (Å²) in [4.78, 5) is 11.2. The van der Waals surface area contributed by atoms with Crippen LogP contribution in [0.25, 0.3) is 10.6 Å². The van der Waals surface area contributed by atoms with Crippen LogP contribution >= 0.6 is 11.3 Å². The molecule has 0 amide bonds. The molecule has 2 rings (SSSR count). The zero-order valence-corrected chi connectivity index (χ0v) is 10.4. The molecule has 0 spiro atoms. The monoisotopic (exact) mass is 288 g/mol. The minimum atomic E-state index is -4.50. The topological polar surface area (TPSA) is 52.1 Å². The number of hydrogen-bond donors (Lipinski definition) is 0. The van der Waals surface area contributed by atoms with Gasteiger partial charge in [0.2, 0.25) is 5.01 Å². The fourth-order valence-corrected chi connectivity index (χ4v) is 2.04. The third-order valence-corrected chi connectivity index (χ3v) is 3.24. The average molecular weight is 288 g/mol. The summed E-state index contributed by atoms with van der Waals surface area (Å²) in [6, 6.07) is 5.89. The molecule has 0 aliphatic rings. The molecule has 0 radical (unpaired) electrons. The van der Waals surface area contributed by atoms with Crippen LogP contribution in [0.3, 0.4) is 0 Å². The van der Waals surface area contributed by atoms with Crippen molar-refractivity contribution in [3.8, 4) is 10.6 Å². The number of methoxy groups -OCH3 is 1. The van der Waals surface area contributed by atoms with Gasteiger partial charge in [-0.05, 0) is 12.1 Å². The smallest absolute Gasteiger partial charge is 0.445 e. The molecule has 8 heteroatoms. The number of rotatable bonds is 2. The number of carbonyl (C=O) groups is 1. The van der Waals surface area contributed by atoms with Crippen LogP contribution in [0.1, 0.15) is 15.4 Å². The zero-order chi connectivity index (χ0) is 14.0. The van der Waals surface area contributed by atoms with E-state index in [9.17, 15) is 18.0 Å². The van der Waals surface area contributed by atoms with Gasteiger partial charge in [-0.3, -0.25) is 0 Å². The summed E-state index contributed by atoms with van der Waals surface area (Å²) in [6.45, 7) is 0. The van der Waals surface area contributed by atoms with Crippen molar-refractivity contribution in [3.63, 3.8) is 0 Å². The fraction of sp³-hybridized carbons (Fsp3) is 0.182. The summed E-state index contributed by atoms with van der Waals surface area (Å²) in [7, 11) is 1.25. The number of hydrogen-bond acceptors (Lipinski definition) is 5. The van der Waals surface area contributed by atoms with Crippen LogP contribution in [0, 0.1) is 0 Å². The fourth-order valence-electron chi connectivity index (χ4n) is 1.32. The van der Waals surface area contributed by atoms with Gasteiger partial charge in [0.1, 0.15) is 5.01 Å². The highest BCUT2D eigenvalue weighted by Gasteiger charge is 2.35. The molecule has 1 heterocycles. The Morgan fingerprint density at radius 2 is 1.84 bits per heavy atom. The van der Waals surface area contributed by atoms with E-state index in [1.807, 2.05) is 0 Å². The first kappa shape index (κ1) is 13.5. The van der Waals surface area contributed by atoms with Crippen LogP contribution in [0.2, 0.25) is 0 Å². The van der Waals surface area contributed by atoms with Crippen LogP contribution in [-0.2, 0) is 10.9 Å². The lowest BCUT2D eigenvalue weighted by molar-refractivity contribution is -0.138. The van der Waals surface area contributed by atoms with E-state index in [4.69, 9.17) is 0 Å². The molecule has 0 atom stereocenters. The Morgan fingerprint density at radius 1 is 1.21 bits per heavy atom. The minimum absolute atomic E-state index is 0.142. The maximum absolute atomic E-state index is 12.4. The Morgan fingerprint density at radius 3 is 2.32 bits per heavy atom. The number of nitrogens with zero attached hydrogens (tertiary/aromatic N) is 2. The lowest BCUT2D eigenvalue weighted by Gasteiger charge is -2.00. The van der Waals surface area contributed by atoms with E-state index < -0.39 is 17.2 Å². The third-order valence-electron chi connectivity index (χ3n) is 2.22. The zero-order valence-electron chi connectivity index (χ0n) is 9.56. The van der Waals surface area contributed by atoms with E-state index in [1.54, 1.807) is 0 Å².